The minimum absolute atomic E-state index is 0.306. The summed E-state index contributed by atoms with van der Waals surface area (Å²) in [4.78, 5) is 22.9. The monoisotopic (exact) mass is 283 g/mol. The van der Waals surface area contributed by atoms with Gasteiger partial charge in [0.25, 0.3) is 0 Å². The standard InChI is InChI=1S/C13H14ClNO4/c1-19-11-5-2-7(14)6-10(11)15-12(16)8-3-4-9(8)13(17)18/h2,5-6,8-9H,3-4H2,1H3,(H,15,16)(H,17,18). The number of carbonyl (C=O) groups excluding carboxylic acids is 1. The average molecular weight is 284 g/mol. The first kappa shape index (κ1) is 13.7. The fraction of sp³-hybridized carbons (Fsp3) is 0.385. The lowest BCUT2D eigenvalue weighted by Crippen LogP contribution is -2.41. The van der Waals surface area contributed by atoms with E-state index in [0.29, 0.717) is 29.3 Å². The molecule has 2 N–H and O–H groups in total. The highest BCUT2D eigenvalue weighted by atomic mass is 35.5. The zero-order chi connectivity index (χ0) is 14.0. The molecule has 0 aromatic heterocycles. The largest absolute Gasteiger partial charge is 0.495 e. The number of anilines is 1. The number of ether oxygens (including phenoxy) is 1. The zero-order valence-electron chi connectivity index (χ0n) is 10.4. The number of rotatable bonds is 4. The molecule has 1 aliphatic rings. The van der Waals surface area contributed by atoms with E-state index >= 15 is 0 Å². The fourth-order valence-corrected chi connectivity index (χ4v) is 2.28. The number of hydrogen-bond acceptors (Lipinski definition) is 3. The molecule has 2 unspecified atom stereocenters. The van der Waals surface area contributed by atoms with Gasteiger partial charge in [-0.2, -0.15) is 0 Å². The van der Waals surface area contributed by atoms with Crippen LogP contribution >= 0.6 is 11.6 Å². The van der Waals surface area contributed by atoms with Crippen LogP contribution < -0.4 is 10.1 Å². The molecule has 1 amide bonds. The molecule has 1 aromatic carbocycles. The van der Waals surface area contributed by atoms with E-state index in [1.807, 2.05) is 0 Å². The minimum Gasteiger partial charge on any atom is -0.495 e. The molecule has 0 spiro atoms. The maximum absolute atomic E-state index is 12.0. The average Bonchev–Trinajstić information content (AvgIpc) is 2.26. The Bertz CT molecular complexity index is 517. The highest BCUT2D eigenvalue weighted by Gasteiger charge is 2.41. The van der Waals surface area contributed by atoms with Crippen LogP contribution in [0.4, 0.5) is 5.69 Å². The number of amides is 1. The summed E-state index contributed by atoms with van der Waals surface area (Å²) in [5.41, 5.74) is 0.455. The number of nitrogens with one attached hydrogen (secondary N) is 1. The van der Waals surface area contributed by atoms with E-state index in [1.54, 1.807) is 18.2 Å². The molecular formula is C13H14ClNO4. The Morgan fingerprint density at radius 1 is 1.37 bits per heavy atom. The predicted octanol–water partition coefficient (Wildman–Crippen LogP) is 2.40. The summed E-state index contributed by atoms with van der Waals surface area (Å²) >= 11 is 5.86. The van der Waals surface area contributed by atoms with Gasteiger partial charge in [-0.15, -0.1) is 0 Å². The van der Waals surface area contributed by atoms with Crippen LogP contribution in [0.15, 0.2) is 18.2 Å². The van der Waals surface area contributed by atoms with Crippen molar-refractivity contribution < 1.29 is 19.4 Å². The second kappa shape index (κ2) is 5.48. The van der Waals surface area contributed by atoms with Gasteiger partial charge in [-0.1, -0.05) is 11.6 Å². The van der Waals surface area contributed by atoms with Crippen molar-refractivity contribution in [1.82, 2.24) is 0 Å². The number of carbonyl (C=O) groups is 2. The van der Waals surface area contributed by atoms with Crippen molar-refractivity contribution in [3.05, 3.63) is 23.2 Å². The highest BCUT2D eigenvalue weighted by Crippen LogP contribution is 2.36. The molecule has 102 valence electrons. The van der Waals surface area contributed by atoms with Gasteiger partial charge in [-0.25, -0.2) is 0 Å². The van der Waals surface area contributed by atoms with Gasteiger partial charge in [0.2, 0.25) is 5.91 Å². The van der Waals surface area contributed by atoms with Crippen molar-refractivity contribution in [3.8, 4) is 5.75 Å². The van der Waals surface area contributed by atoms with Crippen molar-refractivity contribution in [2.24, 2.45) is 11.8 Å². The quantitative estimate of drug-likeness (QED) is 0.890. The molecule has 6 heteroatoms. The first-order valence-corrected chi connectivity index (χ1v) is 6.28. The van der Waals surface area contributed by atoms with Gasteiger partial charge in [0.1, 0.15) is 5.75 Å². The number of carboxylic acids is 1. The third kappa shape index (κ3) is 2.81. The number of carboxylic acid groups (broad SMARTS) is 1. The van der Waals surface area contributed by atoms with E-state index < -0.39 is 17.8 Å². The lowest BCUT2D eigenvalue weighted by molar-refractivity contribution is -0.151. The molecule has 0 heterocycles. The van der Waals surface area contributed by atoms with Crippen molar-refractivity contribution in [3.63, 3.8) is 0 Å². The summed E-state index contributed by atoms with van der Waals surface area (Å²) in [6.07, 6.45) is 1.13. The molecule has 5 nitrogen and oxygen atoms in total. The zero-order valence-corrected chi connectivity index (χ0v) is 11.1. The summed E-state index contributed by atoms with van der Waals surface area (Å²) in [6, 6.07) is 4.87. The second-order valence-corrected chi connectivity index (χ2v) is 4.90. The Kier molecular flexibility index (Phi) is 3.95. The molecule has 1 fully saturated rings. The van der Waals surface area contributed by atoms with Crippen LogP contribution in [0.3, 0.4) is 0 Å². The van der Waals surface area contributed by atoms with Gasteiger partial charge in [0, 0.05) is 5.02 Å². The molecule has 1 aliphatic carbocycles. The van der Waals surface area contributed by atoms with E-state index in [-0.39, 0.29) is 5.91 Å². The van der Waals surface area contributed by atoms with E-state index in [2.05, 4.69) is 5.32 Å². The van der Waals surface area contributed by atoms with Crippen molar-refractivity contribution in [2.45, 2.75) is 12.8 Å². The molecule has 0 aliphatic heterocycles. The number of hydrogen-bond donors (Lipinski definition) is 2. The van der Waals surface area contributed by atoms with Crippen molar-refractivity contribution in [1.29, 1.82) is 0 Å². The maximum atomic E-state index is 12.0. The van der Waals surface area contributed by atoms with Gasteiger partial charge in [-0.05, 0) is 31.0 Å². The molecule has 2 atom stereocenters. The summed E-state index contributed by atoms with van der Waals surface area (Å²) in [6.45, 7) is 0. The van der Waals surface area contributed by atoms with Gasteiger partial charge in [0.05, 0.1) is 24.6 Å². The summed E-state index contributed by atoms with van der Waals surface area (Å²) in [5, 5.41) is 12.1. The van der Waals surface area contributed by atoms with E-state index in [0.717, 1.165) is 0 Å². The SMILES string of the molecule is COc1ccc(Cl)cc1NC(=O)C1CCC1C(=O)O. The van der Waals surface area contributed by atoms with Crippen LogP contribution in [-0.4, -0.2) is 24.1 Å². The van der Waals surface area contributed by atoms with Gasteiger partial charge < -0.3 is 15.2 Å². The molecule has 1 aromatic rings. The topological polar surface area (TPSA) is 75.6 Å². The minimum atomic E-state index is -0.926. The van der Waals surface area contributed by atoms with Crippen LogP contribution in [0.25, 0.3) is 0 Å². The van der Waals surface area contributed by atoms with Crippen LogP contribution in [0.1, 0.15) is 12.8 Å². The Morgan fingerprint density at radius 3 is 2.58 bits per heavy atom. The first-order valence-electron chi connectivity index (χ1n) is 5.90. The van der Waals surface area contributed by atoms with E-state index in [1.165, 1.54) is 7.11 Å². The third-order valence-electron chi connectivity index (χ3n) is 3.35. The number of aliphatic carboxylic acids is 1. The van der Waals surface area contributed by atoms with Gasteiger partial charge in [0.15, 0.2) is 0 Å². The third-order valence-corrected chi connectivity index (χ3v) is 3.58. The highest BCUT2D eigenvalue weighted by molar-refractivity contribution is 6.31. The molecule has 0 saturated heterocycles. The molecular weight excluding hydrogens is 270 g/mol. The Labute approximate surface area is 115 Å². The first-order chi connectivity index (χ1) is 9.02. The molecule has 0 radical (unpaired) electrons. The van der Waals surface area contributed by atoms with E-state index in [4.69, 9.17) is 21.4 Å². The van der Waals surface area contributed by atoms with Crippen LogP contribution in [0, 0.1) is 11.8 Å². The van der Waals surface area contributed by atoms with Gasteiger partial charge in [-0.3, -0.25) is 9.59 Å². The predicted molar refractivity (Wildman–Crippen MR) is 70.5 cm³/mol. The normalized spacial score (nSPS) is 21.4. The second-order valence-electron chi connectivity index (χ2n) is 4.46. The number of halogens is 1. The Morgan fingerprint density at radius 2 is 2.05 bits per heavy atom. The van der Waals surface area contributed by atoms with E-state index in [9.17, 15) is 9.59 Å². The summed E-state index contributed by atoms with van der Waals surface area (Å²) in [5.74, 6) is -1.82. The van der Waals surface area contributed by atoms with Crippen LogP contribution in [0.5, 0.6) is 5.75 Å². The van der Waals surface area contributed by atoms with Crippen molar-refractivity contribution in [2.75, 3.05) is 12.4 Å². The van der Waals surface area contributed by atoms with Crippen LogP contribution in [-0.2, 0) is 9.59 Å². The smallest absolute Gasteiger partial charge is 0.307 e. The molecule has 0 bridgehead atoms. The number of benzene rings is 1. The van der Waals surface area contributed by atoms with Gasteiger partial charge >= 0.3 is 5.97 Å². The Hall–Kier alpha value is -1.75. The van der Waals surface area contributed by atoms with Crippen molar-refractivity contribution >= 4 is 29.2 Å². The lowest BCUT2D eigenvalue weighted by Gasteiger charge is -2.32. The summed E-state index contributed by atoms with van der Waals surface area (Å²) < 4.78 is 5.12. The van der Waals surface area contributed by atoms with Crippen LogP contribution in [0.2, 0.25) is 5.02 Å². The fourth-order valence-electron chi connectivity index (χ4n) is 2.11. The lowest BCUT2D eigenvalue weighted by atomic mass is 9.73. The molecule has 19 heavy (non-hydrogen) atoms. The molecule has 1 saturated carbocycles. The maximum Gasteiger partial charge on any atom is 0.307 e. The summed E-state index contributed by atoms with van der Waals surface area (Å²) in [7, 11) is 1.49. The molecule has 2 rings (SSSR count). The Balaban J connectivity index is 2.11. The number of methoxy groups -OCH3 is 1.